The predicted octanol–water partition coefficient (Wildman–Crippen LogP) is 2.98. The van der Waals surface area contributed by atoms with Crippen LogP contribution in [0.1, 0.15) is 22.1 Å². The van der Waals surface area contributed by atoms with Crippen molar-refractivity contribution in [3.8, 4) is 11.3 Å². The van der Waals surface area contributed by atoms with Crippen LogP contribution in [0.2, 0.25) is 5.02 Å². The van der Waals surface area contributed by atoms with E-state index in [1.165, 1.54) is 0 Å². The molecule has 1 aliphatic rings. The normalized spacial score (nSPS) is 16.4. The number of fused-ring (bicyclic) bond motifs is 1. The van der Waals surface area contributed by atoms with Crippen LogP contribution in [0.3, 0.4) is 0 Å². The van der Waals surface area contributed by atoms with Gasteiger partial charge < -0.3 is 10.6 Å². The number of carbonyl (C=O) groups excluding carboxylic acids is 1. The van der Waals surface area contributed by atoms with Gasteiger partial charge in [0, 0.05) is 28.5 Å². The third kappa shape index (κ3) is 2.43. The Morgan fingerprint density at radius 3 is 2.87 bits per heavy atom. The second-order valence-electron chi connectivity index (χ2n) is 5.18. The van der Waals surface area contributed by atoms with Gasteiger partial charge in [-0.15, -0.1) is 0 Å². The van der Waals surface area contributed by atoms with E-state index >= 15 is 0 Å². The number of nitrogens with zero attached hydrogens (tertiary/aromatic N) is 2. The van der Waals surface area contributed by atoms with Crippen LogP contribution in [0.25, 0.3) is 11.3 Å². The molecule has 3 N–H and O–H groups in total. The minimum atomic E-state index is -0.401. The number of H-pyrrole nitrogens is 1. The Labute approximate surface area is 136 Å². The summed E-state index contributed by atoms with van der Waals surface area (Å²) in [5.74, 6) is -0.154. The van der Waals surface area contributed by atoms with Gasteiger partial charge >= 0.3 is 0 Å². The zero-order valence-corrected chi connectivity index (χ0v) is 12.6. The third-order valence-electron chi connectivity index (χ3n) is 3.73. The first-order valence-corrected chi connectivity index (χ1v) is 7.41. The lowest BCUT2D eigenvalue weighted by molar-refractivity contribution is 0.0936. The minimum Gasteiger partial charge on any atom is -0.361 e. The maximum absolute atomic E-state index is 12.3. The molecule has 0 saturated heterocycles. The molecule has 1 amide bonds. The van der Waals surface area contributed by atoms with Crippen LogP contribution in [0, 0.1) is 0 Å². The highest BCUT2D eigenvalue weighted by atomic mass is 35.5. The summed E-state index contributed by atoms with van der Waals surface area (Å²) in [6.07, 6.45) is 4.74. The van der Waals surface area contributed by atoms with Crippen molar-refractivity contribution in [1.82, 2.24) is 20.5 Å². The Hall–Kier alpha value is -2.86. The Balaban J connectivity index is 1.74. The molecule has 23 heavy (non-hydrogen) atoms. The van der Waals surface area contributed by atoms with Crippen molar-refractivity contribution >= 4 is 23.2 Å². The molecule has 0 radical (unpaired) electrons. The molecule has 7 heteroatoms. The average molecular weight is 326 g/mol. The molecular formula is C16H12ClN5O. The van der Waals surface area contributed by atoms with Crippen molar-refractivity contribution in [3.63, 3.8) is 0 Å². The largest absolute Gasteiger partial charge is 0.361 e. The molecule has 0 unspecified atom stereocenters. The van der Waals surface area contributed by atoms with Crippen LogP contribution in [-0.4, -0.2) is 21.1 Å². The predicted molar refractivity (Wildman–Crippen MR) is 87.1 cm³/mol. The zero-order chi connectivity index (χ0) is 15.8. The molecular weight excluding hydrogens is 314 g/mol. The fourth-order valence-corrected chi connectivity index (χ4v) is 2.82. The van der Waals surface area contributed by atoms with E-state index in [1.54, 1.807) is 36.8 Å². The highest BCUT2D eigenvalue weighted by Crippen LogP contribution is 2.32. The molecule has 0 aliphatic carbocycles. The maximum atomic E-state index is 12.3. The molecule has 0 fully saturated rings. The number of nitrogens with one attached hydrogen (secondary N) is 3. The van der Waals surface area contributed by atoms with Gasteiger partial charge in [0.15, 0.2) is 0 Å². The molecule has 0 bridgehead atoms. The summed E-state index contributed by atoms with van der Waals surface area (Å²) in [5.41, 5.74) is 3.80. The van der Waals surface area contributed by atoms with Crippen molar-refractivity contribution in [3.05, 3.63) is 65.1 Å². The Kier molecular flexibility index (Phi) is 3.24. The molecule has 2 aromatic heterocycles. The fourth-order valence-electron chi connectivity index (χ4n) is 2.65. The fraction of sp³-hybridized carbons (Fsp3) is 0.0625. The first kappa shape index (κ1) is 13.8. The smallest absolute Gasteiger partial charge is 0.255 e. The lowest BCUT2D eigenvalue weighted by Gasteiger charge is -2.28. The van der Waals surface area contributed by atoms with Crippen LogP contribution >= 0.6 is 11.6 Å². The third-order valence-corrected chi connectivity index (χ3v) is 3.97. The van der Waals surface area contributed by atoms with E-state index < -0.39 is 6.17 Å². The molecule has 6 nitrogen and oxygen atoms in total. The lowest BCUT2D eigenvalue weighted by atomic mass is 10.0. The van der Waals surface area contributed by atoms with Crippen LogP contribution < -0.4 is 10.6 Å². The lowest BCUT2D eigenvalue weighted by Crippen LogP contribution is -2.38. The van der Waals surface area contributed by atoms with Gasteiger partial charge in [-0.25, -0.2) is 0 Å². The summed E-state index contributed by atoms with van der Waals surface area (Å²) >= 11 is 6.03. The minimum absolute atomic E-state index is 0.154. The van der Waals surface area contributed by atoms with Crippen molar-refractivity contribution in [1.29, 1.82) is 0 Å². The molecule has 0 spiro atoms. The van der Waals surface area contributed by atoms with Crippen molar-refractivity contribution in [2.75, 3.05) is 5.32 Å². The number of hydrogen-bond donors (Lipinski definition) is 3. The number of aromatic amines is 1. The molecule has 1 atom stereocenters. The highest BCUT2D eigenvalue weighted by Gasteiger charge is 2.27. The van der Waals surface area contributed by atoms with Crippen molar-refractivity contribution in [2.45, 2.75) is 6.17 Å². The zero-order valence-electron chi connectivity index (χ0n) is 11.9. The molecule has 114 valence electrons. The summed E-state index contributed by atoms with van der Waals surface area (Å²) in [4.78, 5) is 16.4. The summed E-state index contributed by atoms with van der Waals surface area (Å²) in [6, 6.07) is 8.92. The number of rotatable bonds is 2. The molecule has 3 heterocycles. The Morgan fingerprint density at radius 1 is 1.13 bits per heavy atom. The summed E-state index contributed by atoms with van der Waals surface area (Å²) < 4.78 is 0. The van der Waals surface area contributed by atoms with E-state index in [-0.39, 0.29) is 5.91 Å². The second kappa shape index (κ2) is 5.40. The van der Waals surface area contributed by atoms with Gasteiger partial charge in [-0.1, -0.05) is 11.6 Å². The van der Waals surface area contributed by atoms with Crippen LogP contribution in [-0.2, 0) is 0 Å². The highest BCUT2D eigenvalue weighted by molar-refractivity contribution is 6.31. The molecule has 1 aromatic carbocycles. The van der Waals surface area contributed by atoms with Gasteiger partial charge in [0.2, 0.25) is 0 Å². The molecule has 0 saturated carbocycles. The Bertz CT molecular complexity index is 877. The number of pyridine rings is 1. The summed E-state index contributed by atoms with van der Waals surface area (Å²) in [7, 11) is 0. The number of aromatic nitrogens is 3. The monoisotopic (exact) mass is 325 g/mol. The standard InChI is InChI=1S/C16H12ClN5O/c17-10-3-4-11-13(6-10)20-15(21-16(11)23)12-8-19-22-14(12)9-2-1-5-18-7-9/h1-8,15,20H,(H,19,22)(H,21,23)/t15-/m0/s1. The van der Waals surface area contributed by atoms with E-state index in [1.807, 2.05) is 12.1 Å². The van der Waals surface area contributed by atoms with E-state index in [2.05, 4.69) is 25.8 Å². The van der Waals surface area contributed by atoms with Crippen LogP contribution in [0.4, 0.5) is 5.69 Å². The van der Waals surface area contributed by atoms with Gasteiger partial charge in [0.1, 0.15) is 6.17 Å². The van der Waals surface area contributed by atoms with Crippen LogP contribution in [0.5, 0.6) is 0 Å². The van der Waals surface area contributed by atoms with Gasteiger partial charge in [0.05, 0.1) is 23.1 Å². The number of anilines is 1. The SMILES string of the molecule is O=C1N[C@@H](c2cn[nH]c2-c2cccnc2)Nc2cc(Cl)ccc21. The quantitative estimate of drug-likeness (QED) is 0.676. The second-order valence-corrected chi connectivity index (χ2v) is 5.62. The van der Waals surface area contributed by atoms with Crippen molar-refractivity contribution < 1.29 is 4.79 Å². The van der Waals surface area contributed by atoms with Gasteiger partial charge in [-0.05, 0) is 30.3 Å². The molecule has 4 rings (SSSR count). The van der Waals surface area contributed by atoms with Crippen molar-refractivity contribution in [2.24, 2.45) is 0 Å². The summed E-state index contributed by atoms with van der Waals surface area (Å²) in [6.45, 7) is 0. The molecule has 1 aliphatic heterocycles. The van der Waals surface area contributed by atoms with Gasteiger partial charge in [-0.2, -0.15) is 5.10 Å². The number of carbonyl (C=O) groups is 1. The topological polar surface area (TPSA) is 82.7 Å². The number of halogens is 1. The van der Waals surface area contributed by atoms with E-state index in [0.717, 1.165) is 16.8 Å². The number of hydrogen-bond acceptors (Lipinski definition) is 4. The molecule has 3 aromatic rings. The number of amides is 1. The van der Waals surface area contributed by atoms with Crippen LogP contribution in [0.15, 0.2) is 48.9 Å². The average Bonchev–Trinajstić information content (AvgIpc) is 3.05. The summed E-state index contributed by atoms with van der Waals surface area (Å²) in [5, 5.41) is 13.9. The van der Waals surface area contributed by atoms with Gasteiger partial charge in [0.25, 0.3) is 5.91 Å². The Morgan fingerprint density at radius 2 is 2.04 bits per heavy atom. The first-order chi connectivity index (χ1) is 11.2. The van der Waals surface area contributed by atoms with Gasteiger partial charge in [-0.3, -0.25) is 14.9 Å². The maximum Gasteiger partial charge on any atom is 0.255 e. The van der Waals surface area contributed by atoms with E-state index in [0.29, 0.717) is 16.3 Å². The number of benzene rings is 1. The van der Waals surface area contributed by atoms with E-state index in [4.69, 9.17) is 11.6 Å². The van der Waals surface area contributed by atoms with E-state index in [9.17, 15) is 4.79 Å². The first-order valence-electron chi connectivity index (χ1n) is 7.03.